The molecular formula is C53H30N4O2. The molecule has 4 heterocycles. The maximum Gasteiger partial charge on any atom is 0.164 e. The van der Waals surface area contributed by atoms with Crippen molar-refractivity contribution in [2.24, 2.45) is 0 Å². The number of rotatable bonds is 4. The summed E-state index contributed by atoms with van der Waals surface area (Å²) in [5.74, 6) is 1.75. The molecule has 0 radical (unpaired) electrons. The van der Waals surface area contributed by atoms with E-state index in [4.69, 9.17) is 23.8 Å². The van der Waals surface area contributed by atoms with Gasteiger partial charge in [0.2, 0.25) is 0 Å². The van der Waals surface area contributed by atoms with Gasteiger partial charge in [-0.15, -0.1) is 0 Å². The molecule has 59 heavy (non-hydrogen) atoms. The van der Waals surface area contributed by atoms with Gasteiger partial charge in [0.1, 0.15) is 22.3 Å². The monoisotopic (exact) mass is 754 g/mol. The van der Waals surface area contributed by atoms with Gasteiger partial charge in [-0.2, -0.15) is 0 Å². The predicted molar refractivity (Wildman–Crippen MR) is 240 cm³/mol. The fourth-order valence-electron chi connectivity index (χ4n) is 9.16. The highest BCUT2D eigenvalue weighted by Gasteiger charge is 2.23. The minimum absolute atomic E-state index is 0.571. The van der Waals surface area contributed by atoms with Crippen LogP contribution in [0, 0.1) is 0 Å². The van der Waals surface area contributed by atoms with Gasteiger partial charge in [0.05, 0.1) is 16.7 Å². The normalized spacial score (nSPS) is 12.1. The summed E-state index contributed by atoms with van der Waals surface area (Å²) in [5.41, 5.74) is 9.25. The summed E-state index contributed by atoms with van der Waals surface area (Å²) in [5, 5.41) is 11.1. The van der Waals surface area contributed by atoms with Crippen molar-refractivity contribution in [3.8, 4) is 39.9 Å². The molecule has 0 saturated carbocycles. The molecule has 0 aliphatic carbocycles. The maximum absolute atomic E-state index is 6.87. The second-order valence-corrected chi connectivity index (χ2v) is 15.1. The van der Waals surface area contributed by atoms with Crippen LogP contribution >= 0.6 is 0 Å². The van der Waals surface area contributed by atoms with E-state index in [0.717, 1.165) is 88.1 Å². The van der Waals surface area contributed by atoms with Crippen molar-refractivity contribution in [1.29, 1.82) is 0 Å². The van der Waals surface area contributed by atoms with Gasteiger partial charge in [-0.05, 0) is 64.7 Å². The highest BCUT2D eigenvalue weighted by Crippen LogP contribution is 2.44. The molecule has 4 aromatic heterocycles. The van der Waals surface area contributed by atoms with Crippen LogP contribution in [0.1, 0.15) is 0 Å². The summed E-state index contributed by atoms with van der Waals surface area (Å²) in [7, 11) is 0. The van der Waals surface area contributed by atoms with E-state index in [9.17, 15) is 0 Å². The van der Waals surface area contributed by atoms with Gasteiger partial charge >= 0.3 is 0 Å². The Morgan fingerprint density at radius 1 is 0.339 bits per heavy atom. The quantitative estimate of drug-likeness (QED) is 0.179. The van der Waals surface area contributed by atoms with Crippen molar-refractivity contribution in [2.75, 3.05) is 0 Å². The summed E-state index contributed by atoms with van der Waals surface area (Å²) in [6.07, 6.45) is 0. The van der Waals surface area contributed by atoms with Crippen molar-refractivity contribution >= 4 is 87.2 Å². The molecule has 0 amide bonds. The largest absolute Gasteiger partial charge is 0.456 e. The summed E-state index contributed by atoms with van der Waals surface area (Å²) < 4.78 is 15.4. The van der Waals surface area contributed by atoms with E-state index in [0.29, 0.717) is 17.5 Å². The van der Waals surface area contributed by atoms with E-state index in [1.165, 1.54) is 21.5 Å². The molecule has 6 nitrogen and oxygen atoms in total. The number of fused-ring (bicyclic) bond motifs is 12. The Hall–Kier alpha value is -8.09. The first-order chi connectivity index (χ1) is 29.2. The third-order valence-electron chi connectivity index (χ3n) is 11.8. The van der Waals surface area contributed by atoms with Crippen LogP contribution in [0.15, 0.2) is 191 Å². The second-order valence-electron chi connectivity index (χ2n) is 15.1. The van der Waals surface area contributed by atoms with Gasteiger partial charge in [-0.1, -0.05) is 127 Å². The van der Waals surface area contributed by atoms with Gasteiger partial charge in [-0.3, -0.25) is 0 Å². The summed E-state index contributed by atoms with van der Waals surface area (Å²) in [4.78, 5) is 15.5. The number of hydrogen-bond donors (Lipinski definition) is 0. The summed E-state index contributed by atoms with van der Waals surface area (Å²) >= 11 is 0. The molecule has 274 valence electrons. The SMILES string of the molecule is c1ccc(-c2nc(-c3ccc4oc5ccccc5c4c3)nc(-c3cccc4oc5cc(-n6c7ccccc7c7cc8ccccc8cc76)c6ccccc6c5c34)n2)cc1. The van der Waals surface area contributed by atoms with Crippen molar-refractivity contribution in [2.45, 2.75) is 0 Å². The zero-order valence-corrected chi connectivity index (χ0v) is 31.4. The third kappa shape index (κ3) is 4.77. The van der Waals surface area contributed by atoms with Crippen molar-refractivity contribution in [1.82, 2.24) is 19.5 Å². The Kier molecular flexibility index (Phi) is 6.63. The molecule has 0 atom stereocenters. The predicted octanol–water partition coefficient (Wildman–Crippen LogP) is 14.1. The molecule has 0 unspecified atom stereocenters. The van der Waals surface area contributed by atoms with Crippen LogP contribution < -0.4 is 0 Å². The lowest BCUT2D eigenvalue weighted by atomic mass is 9.99. The Balaban J connectivity index is 1.08. The van der Waals surface area contributed by atoms with Gasteiger partial charge in [0.15, 0.2) is 17.5 Å². The Bertz CT molecular complexity index is 3860. The van der Waals surface area contributed by atoms with Crippen molar-refractivity contribution in [3.05, 3.63) is 182 Å². The van der Waals surface area contributed by atoms with Gasteiger partial charge in [0, 0.05) is 60.5 Å². The van der Waals surface area contributed by atoms with E-state index in [-0.39, 0.29) is 0 Å². The fourth-order valence-corrected chi connectivity index (χ4v) is 9.16. The number of aromatic nitrogens is 4. The lowest BCUT2D eigenvalue weighted by Gasteiger charge is -2.13. The van der Waals surface area contributed by atoms with Gasteiger partial charge in [-0.25, -0.2) is 15.0 Å². The van der Waals surface area contributed by atoms with E-state index in [1.807, 2.05) is 72.8 Å². The van der Waals surface area contributed by atoms with E-state index in [1.54, 1.807) is 0 Å². The number of furan rings is 2. The number of nitrogens with zero attached hydrogens (tertiary/aromatic N) is 4. The third-order valence-corrected chi connectivity index (χ3v) is 11.8. The maximum atomic E-state index is 6.87. The second kappa shape index (κ2) is 12.2. The van der Waals surface area contributed by atoms with Crippen molar-refractivity contribution in [3.63, 3.8) is 0 Å². The van der Waals surface area contributed by atoms with Crippen LogP contribution in [-0.2, 0) is 0 Å². The molecule has 9 aromatic carbocycles. The van der Waals surface area contributed by atoms with Crippen LogP contribution in [0.2, 0.25) is 0 Å². The number of para-hydroxylation sites is 2. The first kappa shape index (κ1) is 32.0. The molecule has 0 saturated heterocycles. The zero-order chi connectivity index (χ0) is 38.6. The van der Waals surface area contributed by atoms with Gasteiger partial charge in [0.25, 0.3) is 0 Å². The average Bonchev–Trinajstić information content (AvgIpc) is 3.97. The molecule has 0 fully saturated rings. The zero-order valence-electron chi connectivity index (χ0n) is 31.4. The molecule has 0 N–H and O–H groups in total. The minimum Gasteiger partial charge on any atom is -0.456 e. The van der Waals surface area contributed by atoms with E-state index < -0.39 is 0 Å². The Morgan fingerprint density at radius 2 is 0.983 bits per heavy atom. The Labute approximate surface area is 336 Å². The molecule has 6 heteroatoms. The Morgan fingerprint density at radius 3 is 1.85 bits per heavy atom. The molecule has 13 rings (SSSR count). The number of hydrogen-bond acceptors (Lipinski definition) is 5. The van der Waals surface area contributed by atoms with Crippen LogP contribution in [-0.4, -0.2) is 19.5 Å². The number of benzene rings is 9. The van der Waals surface area contributed by atoms with Crippen molar-refractivity contribution < 1.29 is 8.83 Å². The molecule has 0 bridgehead atoms. The van der Waals surface area contributed by atoms with Gasteiger partial charge < -0.3 is 13.4 Å². The fraction of sp³-hybridized carbons (Fsp3) is 0. The first-order valence-electron chi connectivity index (χ1n) is 19.8. The molecule has 0 spiro atoms. The smallest absolute Gasteiger partial charge is 0.164 e. The highest BCUT2D eigenvalue weighted by molar-refractivity contribution is 6.25. The van der Waals surface area contributed by atoms with Crippen LogP contribution in [0.4, 0.5) is 0 Å². The average molecular weight is 755 g/mol. The lowest BCUT2D eigenvalue weighted by molar-refractivity contribution is 0.668. The van der Waals surface area contributed by atoms with Crippen LogP contribution in [0.3, 0.4) is 0 Å². The standard InChI is InChI=1S/C53H30N4O2/c1-2-13-31(14-3-1)51-54-52(34-25-26-46-41(28-34)37-19-9-11-23-45(37)58-46)56-53(55-51)39-21-12-24-47-50(39)49-38-20-7-6-17-35(38)44(30-48(49)59-47)57-42-22-10-8-18-36(42)40-27-32-15-4-5-16-33(32)29-43(40)57/h1-30H. The minimum atomic E-state index is 0.571. The summed E-state index contributed by atoms with van der Waals surface area (Å²) in [6, 6.07) is 63.3. The topological polar surface area (TPSA) is 69.9 Å². The van der Waals surface area contributed by atoms with E-state index in [2.05, 4.69) is 114 Å². The van der Waals surface area contributed by atoms with E-state index >= 15 is 0 Å². The molecular weight excluding hydrogens is 725 g/mol. The van der Waals surface area contributed by atoms with Crippen LogP contribution in [0.5, 0.6) is 0 Å². The van der Waals surface area contributed by atoms with Crippen LogP contribution in [0.25, 0.3) is 127 Å². The molecule has 13 aromatic rings. The highest BCUT2D eigenvalue weighted by atomic mass is 16.3. The molecule has 0 aliphatic rings. The summed E-state index contributed by atoms with van der Waals surface area (Å²) in [6.45, 7) is 0. The molecule has 0 aliphatic heterocycles. The lowest BCUT2D eigenvalue weighted by Crippen LogP contribution is -2.00. The first-order valence-corrected chi connectivity index (χ1v) is 19.8.